The molecule has 2 heterocycles. The number of nitrogens with zero attached hydrogens (tertiary/aromatic N) is 3. The summed E-state index contributed by atoms with van der Waals surface area (Å²) in [5, 5.41) is 6.42. The van der Waals surface area contributed by atoms with Gasteiger partial charge in [-0.1, -0.05) is 72.8 Å². The van der Waals surface area contributed by atoms with Crippen LogP contribution in [-0.4, -0.2) is 38.9 Å². The highest BCUT2D eigenvalue weighted by Crippen LogP contribution is 2.51. The number of nitrogens with one attached hydrogen (secondary N) is 1. The number of benzene rings is 4. The average molecular weight is 795 g/mol. The first kappa shape index (κ1) is 40.0. The van der Waals surface area contributed by atoms with Crippen LogP contribution in [0.25, 0.3) is 0 Å². The Morgan fingerprint density at radius 2 is 1.40 bits per heavy atom. The van der Waals surface area contributed by atoms with Crippen LogP contribution in [0.5, 0.6) is 0 Å². The van der Waals surface area contributed by atoms with Gasteiger partial charge in [0.15, 0.2) is 12.1 Å². The number of aromatic amines is 1. The summed E-state index contributed by atoms with van der Waals surface area (Å²) in [6, 6.07) is 22.7. The van der Waals surface area contributed by atoms with E-state index < -0.39 is 66.7 Å². The average Bonchev–Trinajstić information content (AvgIpc) is 3.53. The molecular formula is C37H34F7N4O6P. The quantitative estimate of drug-likeness (QED) is 0.0932. The van der Waals surface area contributed by atoms with E-state index in [9.17, 15) is 40.1 Å². The first-order valence-corrected chi connectivity index (χ1v) is 18.3. The number of morpholine rings is 1. The largest absolute Gasteiger partial charge is 0.445 e. The summed E-state index contributed by atoms with van der Waals surface area (Å²) in [5.41, 5.74) is -2.73. The van der Waals surface area contributed by atoms with Gasteiger partial charge in [0.1, 0.15) is 5.82 Å². The third-order valence-corrected chi connectivity index (χ3v) is 10.5. The third-order valence-electron chi connectivity index (χ3n) is 8.72. The summed E-state index contributed by atoms with van der Waals surface area (Å²) in [6.07, 6.45) is -12.9. The van der Waals surface area contributed by atoms with Crippen LogP contribution in [0.3, 0.4) is 0 Å². The zero-order valence-corrected chi connectivity index (χ0v) is 29.9. The molecule has 0 saturated carbocycles. The van der Waals surface area contributed by atoms with Crippen LogP contribution >= 0.6 is 7.75 Å². The van der Waals surface area contributed by atoms with Crippen molar-refractivity contribution in [2.24, 2.45) is 0 Å². The molecule has 55 heavy (non-hydrogen) atoms. The van der Waals surface area contributed by atoms with Crippen LogP contribution in [-0.2, 0) is 55.2 Å². The lowest BCUT2D eigenvalue weighted by Gasteiger charge is -2.42. The molecule has 6 rings (SSSR count). The maximum atomic E-state index is 14.6. The molecule has 1 fully saturated rings. The van der Waals surface area contributed by atoms with Crippen LogP contribution in [0.4, 0.5) is 30.7 Å². The predicted octanol–water partition coefficient (Wildman–Crippen LogP) is 8.82. The van der Waals surface area contributed by atoms with Crippen LogP contribution in [0.1, 0.15) is 58.3 Å². The molecule has 4 aromatic carbocycles. The second-order valence-corrected chi connectivity index (χ2v) is 14.4. The highest BCUT2D eigenvalue weighted by atomic mass is 31.2. The van der Waals surface area contributed by atoms with Gasteiger partial charge in [0.25, 0.3) is 0 Å². The van der Waals surface area contributed by atoms with E-state index in [1.54, 1.807) is 65.6 Å². The minimum absolute atomic E-state index is 0.0195. The fourth-order valence-electron chi connectivity index (χ4n) is 5.98. The first-order valence-electron chi connectivity index (χ1n) is 16.8. The molecule has 1 N–H and O–H groups in total. The number of rotatable bonds is 13. The second-order valence-electron chi connectivity index (χ2n) is 12.6. The number of hydrogen-bond acceptors (Lipinski definition) is 8. The number of ether oxygens (including phenoxy) is 2. The zero-order chi connectivity index (χ0) is 39.4. The van der Waals surface area contributed by atoms with Crippen molar-refractivity contribution < 1.29 is 53.8 Å². The Morgan fingerprint density at radius 1 is 0.855 bits per heavy atom. The number of aromatic nitrogens is 3. The van der Waals surface area contributed by atoms with Gasteiger partial charge in [0.05, 0.1) is 49.6 Å². The summed E-state index contributed by atoms with van der Waals surface area (Å²) < 4.78 is 135. The minimum Gasteiger partial charge on any atom is -0.349 e. The molecule has 1 aromatic heterocycles. The van der Waals surface area contributed by atoms with Gasteiger partial charge in [0, 0.05) is 6.54 Å². The summed E-state index contributed by atoms with van der Waals surface area (Å²) in [6.45, 7) is 0.646. The van der Waals surface area contributed by atoms with Crippen molar-refractivity contribution in [3.63, 3.8) is 0 Å². The molecule has 0 bridgehead atoms. The topological polar surface area (TPSA) is 108 Å². The normalized spacial score (nSPS) is 17.7. The van der Waals surface area contributed by atoms with Crippen LogP contribution in [0.15, 0.2) is 108 Å². The third kappa shape index (κ3) is 9.79. The van der Waals surface area contributed by atoms with Gasteiger partial charge >= 0.3 is 25.8 Å². The molecular weight excluding hydrogens is 760 g/mol. The first-order chi connectivity index (χ1) is 26.1. The molecule has 1 aliphatic heterocycles. The smallest absolute Gasteiger partial charge is 0.349 e. The fraction of sp³-hybridized carbons (Fsp3) is 0.297. The van der Waals surface area contributed by atoms with Crippen LogP contribution < -0.4 is 5.69 Å². The minimum atomic E-state index is -5.08. The van der Waals surface area contributed by atoms with Gasteiger partial charge in [0.2, 0.25) is 0 Å². The van der Waals surface area contributed by atoms with Gasteiger partial charge in [-0.15, -0.1) is 0 Å². The standard InChI is InChI=1S/C37H34F7N4O6P/c1-24(28-18-29(36(39,40)41)20-30(19-28)37(42,43)44)54-34-33(27-12-14-31(38)15-13-27)47(16-17-51-34)21-32-45-46-35(49)48(32)55(50,52-22-25-8-4-2-5-9-25)53-23-26-10-6-3-7-11-26/h2-15,18-20,24,33-34H,16-17,21-23H2,1H3,(H,46,49)/t24-,33+,34-/m0/s1. The van der Waals surface area contributed by atoms with Gasteiger partial charge in [-0.2, -0.15) is 35.8 Å². The second kappa shape index (κ2) is 16.6. The highest BCUT2D eigenvalue weighted by Gasteiger charge is 2.41. The Morgan fingerprint density at radius 3 is 1.93 bits per heavy atom. The molecule has 0 radical (unpaired) electrons. The molecule has 3 atom stereocenters. The van der Waals surface area contributed by atoms with Gasteiger partial charge in [-0.25, -0.2) is 18.8 Å². The van der Waals surface area contributed by atoms with Gasteiger partial charge < -0.3 is 9.47 Å². The van der Waals surface area contributed by atoms with Crippen molar-refractivity contribution >= 4 is 7.75 Å². The summed E-state index contributed by atoms with van der Waals surface area (Å²) >= 11 is 0. The molecule has 5 aromatic rings. The maximum Gasteiger partial charge on any atom is 0.445 e. The molecule has 0 spiro atoms. The Labute approximate surface area is 310 Å². The van der Waals surface area contributed by atoms with Crippen molar-refractivity contribution in [1.82, 2.24) is 19.4 Å². The Kier molecular flexibility index (Phi) is 12.1. The number of hydrogen-bond donors (Lipinski definition) is 1. The monoisotopic (exact) mass is 794 g/mol. The summed E-state index contributed by atoms with van der Waals surface area (Å²) in [4.78, 5) is 15.0. The number of H-pyrrole nitrogens is 1. The van der Waals surface area contributed by atoms with E-state index in [4.69, 9.17) is 18.5 Å². The molecule has 0 aliphatic carbocycles. The lowest BCUT2D eigenvalue weighted by molar-refractivity contribution is -0.231. The molecule has 0 unspecified atom stereocenters. The van der Waals surface area contributed by atoms with E-state index >= 15 is 0 Å². The number of alkyl halides is 6. The van der Waals surface area contributed by atoms with Crippen molar-refractivity contribution in [3.8, 4) is 0 Å². The molecule has 1 aliphatic rings. The van der Waals surface area contributed by atoms with Crippen molar-refractivity contribution in [2.45, 2.75) is 57.5 Å². The number of halogens is 7. The van der Waals surface area contributed by atoms with Crippen molar-refractivity contribution in [3.05, 3.63) is 159 Å². The van der Waals surface area contributed by atoms with E-state index in [1.165, 1.54) is 19.1 Å². The lowest BCUT2D eigenvalue weighted by Crippen LogP contribution is -2.46. The van der Waals surface area contributed by atoms with Crippen molar-refractivity contribution in [2.75, 3.05) is 13.2 Å². The molecule has 10 nitrogen and oxygen atoms in total. The van der Waals surface area contributed by atoms with Crippen LogP contribution in [0.2, 0.25) is 0 Å². The van der Waals surface area contributed by atoms with Crippen molar-refractivity contribution in [1.29, 1.82) is 0 Å². The molecule has 1 saturated heterocycles. The lowest BCUT2D eigenvalue weighted by atomic mass is 10.0. The van der Waals surface area contributed by atoms with E-state index in [0.717, 1.165) is 16.5 Å². The Bertz CT molecular complexity index is 2070. The Hall–Kier alpha value is -4.64. The maximum absolute atomic E-state index is 14.6. The summed E-state index contributed by atoms with van der Waals surface area (Å²) in [5.74, 6) is -0.697. The molecule has 18 heteroatoms. The summed E-state index contributed by atoms with van der Waals surface area (Å²) in [7, 11) is -4.52. The van der Waals surface area contributed by atoms with E-state index in [2.05, 4.69) is 10.2 Å². The van der Waals surface area contributed by atoms with Gasteiger partial charge in [-0.3, -0.25) is 13.9 Å². The van der Waals surface area contributed by atoms with Crippen LogP contribution in [0, 0.1) is 5.82 Å². The van der Waals surface area contributed by atoms with E-state index in [1.807, 2.05) is 0 Å². The highest BCUT2D eigenvalue weighted by molar-refractivity contribution is 7.52. The molecule has 0 amide bonds. The fourth-order valence-corrected chi connectivity index (χ4v) is 7.56. The van der Waals surface area contributed by atoms with Gasteiger partial charge in [-0.05, 0) is 59.5 Å². The SMILES string of the molecule is C[C@H](O[C@@H]1OCCN(Cc2n[nH]c(=O)n2P(=O)(OCc2ccccc2)OCc2ccccc2)[C@@H]1c1ccc(F)cc1)c1cc(C(F)(F)F)cc(C(F)(F)F)c1. The Balaban J connectivity index is 1.33. The zero-order valence-electron chi connectivity index (χ0n) is 29.0. The predicted molar refractivity (Wildman–Crippen MR) is 184 cm³/mol. The van der Waals surface area contributed by atoms with E-state index in [0.29, 0.717) is 28.8 Å². The van der Waals surface area contributed by atoms with E-state index in [-0.39, 0.29) is 44.8 Å². The molecule has 292 valence electrons.